The Hall–Kier alpha value is -1.64. The molecule has 0 bridgehead atoms. The summed E-state index contributed by atoms with van der Waals surface area (Å²) in [4.78, 5) is 38.5. The Balaban J connectivity index is 1.82. The summed E-state index contributed by atoms with van der Waals surface area (Å²) < 4.78 is 5.87. The molecule has 2 rings (SSSR count). The Labute approximate surface area is 142 Å². The quantitative estimate of drug-likeness (QED) is 0.548. The summed E-state index contributed by atoms with van der Waals surface area (Å²) in [6.07, 6.45) is 0. The first kappa shape index (κ1) is 16.7. The lowest BCUT2D eigenvalue weighted by Crippen LogP contribution is -2.51. The lowest BCUT2D eigenvalue weighted by Gasteiger charge is -2.34. The van der Waals surface area contributed by atoms with Crippen LogP contribution in [-0.2, 0) is 14.3 Å². The molecule has 1 aromatic rings. The van der Waals surface area contributed by atoms with Crippen LogP contribution in [0.25, 0.3) is 0 Å². The Morgan fingerprint density at radius 1 is 1.09 bits per heavy atom. The van der Waals surface area contributed by atoms with Crippen LogP contribution in [0.5, 0.6) is 0 Å². The van der Waals surface area contributed by atoms with E-state index in [1.807, 2.05) is 6.07 Å². The van der Waals surface area contributed by atoms with Crippen LogP contribution < -0.4 is 0 Å². The highest BCUT2D eigenvalue weighted by Crippen LogP contribution is 2.12. The van der Waals surface area contributed by atoms with E-state index >= 15 is 0 Å². The largest absolute Gasteiger partial charge is 0.452 e. The maximum Gasteiger partial charge on any atom is 0.339 e. The molecule has 0 spiro atoms. The van der Waals surface area contributed by atoms with Gasteiger partial charge in [0.05, 0.1) is 5.56 Å². The fourth-order valence-electron chi connectivity index (χ4n) is 2.19. The predicted molar refractivity (Wildman–Crippen MR) is 88.3 cm³/mol. The van der Waals surface area contributed by atoms with Crippen molar-refractivity contribution in [2.45, 2.75) is 6.92 Å². The molecular weight excluding hydrogens is 399 g/mol. The van der Waals surface area contributed by atoms with E-state index in [0.717, 1.165) is 3.57 Å². The van der Waals surface area contributed by atoms with Crippen molar-refractivity contribution in [3.05, 3.63) is 33.4 Å². The molecule has 0 atom stereocenters. The zero-order chi connectivity index (χ0) is 16.1. The molecule has 0 unspecified atom stereocenters. The van der Waals surface area contributed by atoms with Gasteiger partial charge in [0.15, 0.2) is 6.61 Å². The van der Waals surface area contributed by atoms with Crippen molar-refractivity contribution >= 4 is 40.4 Å². The number of ether oxygens (including phenoxy) is 1. The van der Waals surface area contributed by atoms with Crippen LogP contribution in [0.15, 0.2) is 24.3 Å². The van der Waals surface area contributed by atoms with Crippen LogP contribution in [-0.4, -0.2) is 60.4 Å². The Morgan fingerprint density at radius 2 is 1.68 bits per heavy atom. The van der Waals surface area contributed by atoms with E-state index in [1.54, 1.807) is 28.0 Å². The number of esters is 1. The first-order valence-corrected chi connectivity index (χ1v) is 8.02. The van der Waals surface area contributed by atoms with Crippen LogP contribution in [0.2, 0.25) is 0 Å². The normalized spacial score (nSPS) is 14.6. The topological polar surface area (TPSA) is 66.9 Å². The summed E-state index contributed by atoms with van der Waals surface area (Å²) in [5.41, 5.74) is 0.456. The lowest BCUT2D eigenvalue weighted by atomic mass is 10.2. The highest BCUT2D eigenvalue weighted by molar-refractivity contribution is 14.1. The van der Waals surface area contributed by atoms with Gasteiger partial charge in [-0.1, -0.05) is 12.1 Å². The Morgan fingerprint density at radius 3 is 2.27 bits per heavy atom. The third-order valence-corrected chi connectivity index (χ3v) is 4.44. The molecule has 1 heterocycles. The van der Waals surface area contributed by atoms with E-state index in [-0.39, 0.29) is 18.4 Å². The van der Waals surface area contributed by atoms with Gasteiger partial charge in [0, 0.05) is 36.7 Å². The number of benzene rings is 1. The molecule has 6 nitrogen and oxygen atoms in total. The van der Waals surface area contributed by atoms with Crippen molar-refractivity contribution < 1.29 is 19.1 Å². The first-order chi connectivity index (χ1) is 10.5. The molecule has 1 saturated heterocycles. The maximum absolute atomic E-state index is 12.0. The van der Waals surface area contributed by atoms with Gasteiger partial charge in [0.2, 0.25) is 5.91 Å². The number of halogens is 1. The molecule has 118 valence electrons. The molecule has 7 heteroatoms. The van der Waals surface area contributed by atoms with Crippen molar-refractivity contribution in [1.82, 2.24) is 9.80 Å². The van der Waals surface area contributed by atoms with Gasteiger partial charge >= 0.3 is 5.97 Å². The van der Waals surface area contributed by atoms with Crippen LogP contribution in [0.4, 0.5) is 0 Å². The van der Waals surface area contributed by atoms with E-state index < -0.39 is 5.97 Å². The summed E-state index contributed by atoms with van der Waals surface area (Å²) in [6.45, 7) is 3.22. The number of nitrogens with zero attached hydrogens (tertiary/aromatic N) is 2. The highest BCUT2D eigenvalue weighted by atomic mass is 127. The van der Waals surface area contributed by atoms with Gasteiger partial charge in [-0.25, -0.2) is 4.79 Å². The fraction of sp³-hybridized carbons (Fsp3) is 0.400. The number of amides is 2. The number of rotatable bonds is 3. The van der Waals surface area contributed by atoms with E-state index in [4.69, 9.17) is 4.74 Å². The smallest absolute Gasteiger partial charge is 0.339 e. The van der Waals surface area contributed by atoms with Gasteiger partial charge in [-0.3, -0.25) is 9.59 Å². The van der Waals surface area contributed by atoms with Crippen molar-refractivity contribution in [2.24, 2.45) is 0 Å². The predicted octanol–water partition coefficient (Wildman–Crippen LogP) is 1.14. The highest BCUT2D eigenvalue weighted by Gasteiger charge is 2.23. The molecule has 1 aliphatic rings. The molecule has 0 N–H and O–H groups in total. The van der Waals surface area contributed by atoms with Gasteiger partial charge in [-0.2, -0.15) is 0 Å². The number of hydrogen-bond acceptors (Lipinski definition) is 4. The molecule has 1 aliphatic heterocycles. The number of piperazine rings is 1. The molecule has 0 aromatic heterocycles. The molecular formula is C15H17IN2O4. The van der Waals surface area contributed by atoms with Gasteiger partial charge < -0.3 is 14.5 Å². The number of carbonyl (C=O) groups excluding carboxylic acids is 3. The number of carbonyl (C=O) groups is 3. The molecule has 0 radical (unpaired) electrons. The summed E-state index contributed by atoms with van der Waals surface area (Å²) in [7, 11) is 0. The standard InChI is InChI=1S/C15H17IN2O4/c1-11(19)17-6-8-18(9-7-17)14(20)10-22-15(21)12-4-2-3-5-13(12)16/h2-5H,6-10H2,1H3. The molecule has 0 aliphatic carbocycles. The van der Waals surface area contributed by atoms with Crippen molar-refractivity contribution in [1.29, 1.82) is 0 Å². The third-order valence-electron chi connectivity index (χ3n) is 3.50. The maximum atomic E-state index is 12.0. The molecule has 1 fully saturated rings. The minimum Gasteiger partial charge on any atom is -0.452 e. The average Bonchev–Trinajstić information content (AvgIpc) is 2.52. The van der Waals surface area contributed by atoms with Crippen molar-refractivity contribution in [2.75, 3.05) is 32.8 Å². The van der Waals surface area contributed by atoms with Crippen LogP contribution in [0, 0.1) is 3.57 Å². The van der Waals surface area contributed by atoms with Gasteiger partial charge in [-0.15, -0.1) is 0 Å². The second-order valence-electron chi connectivity index (χ2n) is 4.94. The zero-order valence-corrected chi connectivity index (χ0v) is 14.4. The fourth-order valence-corrected chi connectivity index (χ4v) is 2.80. The first-order valence-electron chi connectivity index (χ1n) is 6.94. The van der Waals surface area contributed by atoms with Crippen LogP contribution in [0.3, 0.4) is 0 Å². The minimum absolute atomic E-state index is 0.0113. The molecule has 1 aromatic carbocycles. The molecule has 2 amide bonds. The van der Waals surface area contributed by atoms with E-state index in [2.05, 4.69) is 22.6 Å². The summed E-state index contributed by atoms with van der Waals surface area (Å²) in [5, 5.41) is 0. The van der Waals surface area contributed by atoms with E-state index in [9.17, 15) is 14.4 Å². The van der Waals surface area contributed by atoms with Gasteiger partial charge in [-0.05, 0) is 34.7 Å². The van der Waals surface area contributed by atoms with E-state index in [1.165, 1.54) is 6.92 Å². The van der Waals surface area contributed by atoms with Gasteiger partial charge in [0.25, 0.3) is 5.91 Å². The van der Waals surface area contributed by atoms with Crippen LogP contribution >= 0.6 is 22.6 Å². The third kappa shape index (κ3) is 4.19. The Bertz CT molecular complexity index is 583. The second kappa shape index (κ2) is 7.57. The van der Waals surface area contributed by atoms with Gasteiger partial charge in [0.1, 0.15) is 0 Å². The summed E-state index contributed by atoms with van der Waals surface area (Å²) >= 11 is 2.05. The summed E-state index contributed by atoms with van der Waals surface area (Å²) in [5.74, 6) is -0.722. The average molecular weight is 416 g/mol. The monoisotopic (exact) mass is 416 g/mol. The zero-order valence-electron chi connectivity index (χ0n) is 12.3. The van der Waals surface area contributed by atoms with Crippen molar-refractivity contribution in [3.8, 4) is 0 Å². The lowest BCUT2D eigenvalue weighted by molar-refractivity contribution is -0.140. The minimum atomic E-state index is -0.499. The van der Waals surface area contributed by atoms with Crippen molar-refractivity contribution in [3.63, 3.8) is 0 Å². The molecule has 0 saturated carbocycles. The van der Waals surface area contributed by atoms with E-state index in [0.29, 0.717) is 31.7 Å². The number of hydrogen-bond donors (Lipinski definition) is 0. The SMILES string of the molecule is CC(=O)N1CCN(C(=O)COC(=O)c2ccccc2I)CC1. The second-order valence-corrected chi connectivity index (χ2v) is 6.11. The Kier molecular flexibility index (Phi) is 5.76. The van der Waals surface area contributed by atoms with Crippen LogP contribution in [0.1, 0.15) is 17.3 Å². The molecule has 22 heavy (non-hydrogen) atoms. The summed E-state index contributed by atoms with van der Waals surface area (Å²) in [6, 6.07) is 7.06.